The summed E-state index contributed by atoms with van der Waals surface area (Å²) in [4.78, 5) is 11.6. The molecule has 2 aliphatic heterocycles. The highest BCUT2D eigenvalue weighted by Gasteiger charge is 2.43. The molecule has 1 aromatic rings. The van der Waals surface area contributed by atoms with E-state index in [1.807, 2.05) is 19.1 Å². The third-order valence-corrected chi connectivity index (χ3v) is 3.71. The molecule has 0 saturated carbocycles. The van der Waals surface area contributed by atoms with Crippen LogP contribution >= 0.6 is 15.9 Å². The number of fused-ring (bicyclic) bond motifs is 4. The molecule has 3 nitrogen and oxygen atoms in total. The van der Waals surface area contributed by atoms with Gasteiger partial charge in [0.1, 0.15) is 5.75 Å². The van der Waals surface area contributed by atoms with Crippen LogP contribution in [0.15, 0.2) is 22.7 Å². The van der Waals surface area contributed by atoms with Gasteiger partial charge in [-0.1, -0.05) is 15.9 Å². The van der Waals surface area contributed by atoms with E-state index < -0.39 is 5.72 Å². The zero-order valence-electron chi connectivity index (χ0n) is 8.92. The van der Waals surface area contributed by atoms with E-state index >= 15 is 0 Å². The second kappa shape index (κ2) is 3.23. The molecule has 0 spiro atoms. The van der Waals surface area contributed by atoms with E-state index in [0.29, 0.717) is 6.42 Å². The normalized spacial score (nSPS) is 31.4. The fraction of sp³-hybridized carbons (Fsp3) is 0.417. The molecule has 1 N–H and O–H groups in total. The van der Waals surface area contributed by atoms with E-state index in [-0.39, 0.29) is 11.8 Å². The van der Waals surface area contributed by atoms with E-state index in [2.05, 4.69) is 27.3 Å². The molecule has 84 valence electrons. The minimum atomic E-state index is -0.527. The van der Waals surface area contributed by atoms with Gasteiger partial charge in [-0.05, 0) is 30.7 Å². The molecule has 2 heterocycles. The van der Waals surface area contributed by atoms with Gasteiger partial charge in [-0.2, -0.15) is 0 Å². The Balaban J connectivity index is 2.10. The van der Waals surface area contributed by atoms with Crippen LogP contribution in [0.1, 0.15) is 31.2 Å². The summed E-state index contributed by atoms with van der Waals surface area (Å²) in [6.07, 6.45) is 1.41. The van der Waals surface area contributed by atoms with Gasteiger partial charge in [0, 0.05) is 23.2 Å². The number of rotatable bonds is 0. The summed E-state index contributed by atoms with van der Waals surface area (Å²) in [5.74, 6) is 1.24. The quantitative estimate of drug-likeness (QED) is 0.794. The number of ether oxygens (including phenoxy) is 1. The van der Waals surface area contributed by atoms with Gasteiger partial charge in [-0.25, -0.2) is 0 Å². The van der Waals surface area contributed by atoms with Crippen molar-refractivity contribution in [1.82, 2.24) is 5.32 Å². The Morgan fingerprint density at radius 3 is 3.19 bits per heavy atom. The highest BCUT2D eigenvalue weighted by atomic mass is 79.9. The van der Waals surface area contributed by atoms with Crippen molar-refractivity contribution in [2.45, 2.75) is 31.4 Å². The van der Waals surface area contributed by atoms with Crippen molar-refractivity contribution >= 4 is 21.8 Å². The van der Waals surface area contributed by atoms with Gasteiger partial charge < -0.3 is 10.1 Å². The van der Waals surface area contributed by atoms with Crippen molar-refractivity contribution in [3.63, 3.8) is 0 Å². The molecule has 0 radical (unpaired) electrons. The topological polar surface area (TPSA) is 38.3 Å². The highest BCUT2D eigenvalue weighted by molar-refractivity contribution is 9.10. The lowest BCUT2D eigenvalue weighted by Crippen LogP contribution is -2.57. The fourth-order valence-corrected chi connectivity index (χ4v) is 3.00. The van der Waals surface area contributed by atoms with Crippen LogP contribution in [0.2, 0.25) is 0 Å². The molecule has 3 rings (SSSR count). The summed E-state index contributed by atoms with van der Waals surface area (Å²) in [6, 6.07) is 5.98. The number of piperidine rings is 1. The largest absolute Gasteiger partial charge is 0.468 e. The van der Waals surface area contributed by atoms with Gasteiger partial charge in [0.15, 0.2) is 5.72 Å². The SMILES string of the molecule is CC12CC(CC(=O)N1)c1cc(Br)ccc1O2. The minimum Gasteiger partial charge on any atom is -0.468 e. The summed E-state index contributed by atoms with van der Waals surface area (Å²) in [5.41, 5.74) is 0.614. The van der Waals surface area contributed by atoms with E-state index in [1.165, 1.54) is 0 Å². The van der Waals surface area contributed by atoms with Gasteiger partial charge in [0.2, 0.25) is 5.91 Å². The lowest BCUT2D eigenvalue weighted by molar-refractivity contribution is -0.133. The van der Waals surface area contributed by atoms with Crippen molar-refractivity contribution in [2.24, 2.45) is 0 Å². The predicted molar refractivity (Wildman–Crippen MR) is 63.3 cm³/mol. The second-order valence-corrected chi connectivity index (χ2v) is 5.58. The molecule has 0 aliphatic carbocycles. The van der Waals surface area contributed by atoms with Crippen LogP contribution in [0, 0.1) is 0 Å². The molecular weight excluding hydrogens is 270 g/mol. The molecule has 2 bridgehead atoms. The summed E-state index contributed by atoms with van der Waals surface area (Å²) >= 11 is 3.45. The Hall–Kier alpha value is -1.03. The van der Waals surface area contributed by atoms with Gasteiger partial charge in [-0.15, -0.1) is 0 Å². The van der Waals surface area contributed by atoms with Gasteiger partial charge >= 0.3 is 0 Å². The molecule has 1 saturated heterocycles. The maximum atomic E-state index is 11.6. The smallest absolute Gasteiger partial charge is 0.223 e. The Morgan fingerprint density at radius 2 is 2.38 bits per heavy atom. The lowest BCUT2D eigenvalue weighted by atomic mass is 9.82. The maximum absolute atomic E-state index is 11.6. The molecule has 1 fully saturated rings. The number of hydrogen-bond acceptors (Lipinski definition) is 2. The molecular formula is C12H12BrNO2. The van der Waals surface area contributed by atoms with Crippen molar-refractivity contribution in [3.05, 3.63) is 28.2 Å². The molecule has 1 amide bonds. The number of hydrogen-bond donors (Lipinski definition) is 1. The van der Waals surface area contributed by atoms with Crippen molar-refractivity contribution < 1.29 is 9.53 Å². The van der Waals surface area contributed by atoms with Crippen LogP contribution in [0.4, 0.5) is 0 Å². The molecule has 2 atom stereocenters. The van der Waals surface area contributed by atoms with E-state index in [9.17, 15) is 4.79 Å². The number of nitrogens with one attached hydrogen (secondary N) is 1. The van der Waals surface area contributed by atoms with Gasteiger partial charge in [0.05, 0.1) is 0 Å². The number of benzene rings is 1. The van der Waals surface area contributed by atoms with Crippen LogP contribution < -0.4 is 10.1 Å². The Bertz CT molecular complexity index is 474. The first kappa shape index (κ1) is 10.1. The first-order valence-corrected chi connectivity index (χ1v) is 6.14. The Labute approximate surface area is 102 Å². The maximum Gasteiger partial charge on any atom is 0.223 e. The van der Waals surface area contributed by atoms with Crippen molar-refractivity contribution in [3.8, 4) is 5.75 Å². The molecule has 4 heteroatoms. The standard InChI is InChI=1S/C12H12BrNO2/c1-12-6-7(4-11(15)14-12)9-5-8(13)2-3-10(9)16-12/h2-3,5,7H,4,6H2,1H3,(H,14,15). The molecule has 16 heavy (non-hydrogen) atoms. The fourth-order valence-electron chi connectivity index (χ4n) is 2.62. The van der Waals surface area contributed by atoms with Gasteiger partial charge in [0.25, 0.3) is 0 Å². The Morgan fingerprint density at radius 1 is 1.56 bits per heavy atom. The van der Waals surface area contributed by atoms with Gasteiger partial charge in [-0.3, -0.25) is 4.79 Å². The van der Waals surface area contributed by atoms with Crippen LogP contribution in [0.3, 0.4) is 0 Å². The minimum absolute atomic E-state index is 0.0735. The summed E-state index contributed by atoms with van der Waals surface area (Å²) < 4.78 is 6.89. The number of amides is 1. The molecule has 1 aromatic carbocycles. The third kappa shape index (κ3) is 1.52. The van der Waals surface area contributed by atoms with E-state index in [1.54, 1.807) is 0 Å². The zero-order chi connectivity index (χ0) is 11.3. The monoisotopic (exact) mass is 281 g/mol. The Kier molecular flexibility index (Phi) is 2.05. The third-order valence-electron chi connectivity index (χ3n) is 3.22. The summed E-state index contributed by atoms with van der Waals surface area (Å²) in [6.45, 7) is 1.93. The summed E-state index contributed by atoms with van der Waals surface area (Å²) in [7, 11) is 0. The van der Waals surface area contributed by atoms with Crippen LogP contribution in [0.25, 0.3) is 0 Å². The number of halogens is 1. The van der Waals surface area contributed by atoms with Crippen LogP contribution in [0.5, 0.6) is 5.75 Å². The average Bonchev–Trinajstić information content (AvgIpc) is 2.17. The highest BCUT2D eigenvalue weighted by Crippen LogP contribution is 2.44. The molecule has 0 aromatic heterocycles. The molecule has 2 unspecified atom stereocenters. The number of carbonyl (C=O) groups is 1. The van der Waals surface area contributed by atoms with Crippen LogP contribution in [-0.4, -0.2) is 11.6 Å². The van der Waals surface area contributed by atoms with Crippen molar-refractivity contribution in [2.75, 3.05) is 0 Å². The van der Waals surface area contributed by atoms with E-state index in [4.69, 9.17) is 4.74 Å². The van der Waals surface area contributed by atoms with Crippen molar-refractivity contribution in [1.29, 1.82) is 0 Å². The molecule has 2 aliphatic rings. The van der Waals surface area contributed by atoms with E-state index in [0.717, 1.165) is 22.2 Å². The first-order chi connectivity index (χ1) is 7.56. The number of carbonyl (C=O) groups excluding carboxylic acids is 1. The average molecular weight is 282 g/mol. The lowest BCUT2D eigenvalue weighted by Gasteiger charge is -2.44. The second-order valence-electron chi connectivity index (χ2n) is 4.67. The van der Waals surface area contributed by atoms with Crippen LogP contribution in [-0.2, 0) is 4.79 Å². The summed E-state index contributed by atoms with van der Waals surface area (Å²) in [5, 5.41) is 2.91. The first-order valence-electron chi connectivity index (χ1n) is 5.35. The zero-order valence-corrected chi connectivity index (χ0v) is 10.5. The predicted octanol–water partition coefficient (Wildman–Crippen LogP) is 2.55.